The van der Waals surface area contributed by atoms with E-state index in [1.807, 2.05) is 18.2 Å². The van der Waals surface area contributed by atoms with Crippen molar-refractivity contribution < 1.29 is 22.7 Å². The molecule has 0 atom stereocenters. The first-order valence-corrected chi connectivity index (χ1v) is 10.6. The summed E-state index contributed by atoms with van der Waals surface area (Å²) in [6.45, 7) is 0. The number of carbonyl (C=O) groups excluding carboxylic acids is 1. The fourth-order valence-electron chi connectivity index (χ4n) is 3.02. The van der Waals surface area contributed by atoms with Crippen LogP contribution in [-0.4, -0.2) is 24.4 Å². The van der Waals surface area contributed by atoms with Gasteiger partial charge in [0, 0.05) is 23.2 Å². The van der Waals surface area contributed by atoms with Gasteiger partial charge in [-0.2, -0.15) is 0 Å². The van der Waals surface area contributed by atoms with E-state index in [1.165, 1.54) is 36.4 Å². The van der Waals surface area contributed by atoms with Gasteiger partial charge in [0.05, 0.1) is 21.1 Å². The minimum atomic E-state index is -3.85. The smallest absolute Gasteiger partial charge is 0.269 e. The minimum absolute atomic E-state index is 0.000140. The van der Waals surface area contributed by atoms with Crippen molar-refractivity contribution in [3.05, 3.63) is 88.6 Å². The molecule has 1 N–H and O–H groups in total. The number of anilines is 1. The summed E-state index contributed by atoms with van der Waals surface area (Å²) >= 11 is 0. The molecule has 9 nitrogen and oxygen atoms in total. The second kappa shape index (κ2) is 8.00. The molecule has 1 aromatic heterocycles. The standard InChI is InChI=1S/C21H15N3O6S/c25-21(13-19-18-3-1-2-4-20(18)30-23-19)22-14-5-9-16(10-6-14)31(28,29)17-11-7-15(8-12-17)24(26)27/h1-12H,13H2,(H,22,25). The highest BCUT2D eigenvalue weighted by Gasteiger charge is 2.19. The quantitative estimate of drug-likeness (QED) is 0.359. The zero-order chi connectivity index (χ0) is 22.0. The average molecular weight is 437 g/mol. The van der Waals surface area contributed by atoms with Crippen LogP contribution in [0.4, 0.5) is 11.4 Å². The molecule has 10 heteroatoms. The summed E-state index contributed by atoms with van der Waals surface area (Å²) in [5, 5.41) is 18.1. The van der Waals surface area contributed by atoms with Crippen molar-refractivity contribution in [2.24, 2.45) is 0 Å². The van der Waals surface area contributed by atoms with Crippen LogP contribution < -0.4 is 5.32 Å². The van der Waals surface area contributed by atoms with E-state index in [1.54, 1.807) is 6.07 Å². The van der Waals surface area contributed by atoms with Crippen LogP contribution in [0.25, 0.3) is 11.0 Å². The van der Waals surface area contributed by atoms with E-state index in [9.17, 15) is 23.3 Å². The van der Waals surface area contributed by atoms with Crippen molar-refractivity contribution >= 4 is 38.1 Å². The molecule has 0 aliphatic carbocycles. The lowest BCUT2D eigenvalue weighted by Crippen LogP contribution is -2.14. The molecule has 0 bridgehead atoms. The number of nitro groups is 1. The van der Waals surface area contributed by atoms with Crippen LogP contribution in [0.1, 0.15) is 5.69 Å². The molecule has 0 saturated heterocycles. The molecule has 0 radical (unpaired) electrons. The molecule has 3 aromatic carbocycles. The number of amides is 1. The topological polar surface area (TPSA) is 132 Å². The lowest BCUT2D eigenvalue weighted by molar-refractivity contribution is -0.384. The minimum Gasteiger partial charge on any atom is -0.356 e. The molecule has 4 aromatic rings. The van der Waals surface area contributed by atoms with Crippen LogP contribution in [0.2, 0.25) is 0 Å². The van der Waals surface area contributed by atoms with Crippen molar-refractivity contribution in [3.8, 4) is 0 Å². The van der Waals surface area contributed by atoms with Gasteiger partial charge < -0.3 is 9.84 Å². The van der Waals surface area contributed by atoms with E-state index in [0.717, 1.165) is 17.5 Å². The lowest BCUT2D eigenvalue weighted by atomic mass is 10.1. The Kier molecular flexibility index (Phi) is 5.22. The van der Waals surface area contributed by atoms with E-state index in [-0.39, 0.29) is 27.8 Å². The number of sulfone groups is 1. The number of aromatic nitrogens is 1. The molecule has 31 heavy (non-hydrogen) atoms. The van der Waals surface area contributed by atoms with Crippen molar-refractivity contribution in [3.63, 3.8) is 0 Å². The molecular weight excluding hydrogens is 422 g/mol. The number of benzene rings is 3. The molecule has 0 aliphatic rings. The lowest BCUT2D eigenvalue weighted by Gasteiger charge is -2.07. The highest BCUT2D eigenvalue weighted by Crippen LogP contribution is 2.24. The van der Waals surface area contributed by atoms with Gasteiger partial charge in [-0.15, -0.1) is 0 Å². The Bertz CT molecular complexity index is 1380. The van der Waals surface area contributed by atoms with Gasteiger partial charge in [0.15, 0.2) is 5.58 Å². The van der Waals surface area contributed by atoms with Crippen LogP contribution in [0.5, 0.6) is 0 Å². The van der Waals surface area contributed by atoms with Crippen molar-refractivity contribution in [2.45, 2.75) is 16.2 Å². The Labute approximate surface area is 176 Å². The maximum absolute atomic E-state index is 12.7. The number of carbonyl (C=O) groups is 1. The Balaban J connectivity index is 1.47. The predicted molar refractivity (Wildman–Crippen MR) is 111 cm³/mol. The number of non-ortho nitro benzene ring substituents is 1. The highest BCUT2D eigenvalue weighted by molar-refractivity contribution is 7.91. The Hall–Kier alpha value is -4.05. The molecule has 0 spiro atoms. The van der Waals surface area contributed by atoms with Gasteiger partial charge in [-0.1, -0.05) is 17.3 Å². The maximum Gasteiger partial charge on any atom is 0.269 e. The monoisotopic (exact) mass is 437 g/mol. The second-order valence-electron chi connectivity index (χ2n) is 6.63. The third-order valence-corrected chi connectivity index (χ3v) is 6.37. The maximum atomic E-state index is 12.7. The van der Waals surface area contributed by atoms with Crippen molar-refractivity contribution in [1.82, 2.24) is 5.16 Å². The molecule has 156 valence electrons. The normalized spacial score (nSPS) is 11.4. The van der Waals surface area contributed by atoms with Gasteiger partial charge in [0.1, 0.15) is 5.69 Å². The molecule has 0 aliphatic heterocycles. The van der Waals surface area contributed by atoms with Crippen LogP contribution in [0, 0.1) is 10.1 Å². The second-order valence-corrected chi connectivity index (χ2v) is 8.58. The molecule has 0 fully saturated rings. The Morgan fingerprint density at radius 1 is 0.968 bits per heavy atom. The first-order valence-electron chi connectivity index (χ1n) is 9.07. The van der Waals surface area contributed by atoms with Gasteiger partial charge in [-0.25, -0.2) is 8.42 Å². The predicted octanol–water partition coefficient (Wildman–Crippen LogP) is 3.75. The molecule has 4 rings (SSSR count). The summed E-state index contributed by atoms with van der Waals surface area (Å²) in [6.07, 6.45) is -0.000140. The Morgan fingerprint density at radius 3 is 2.23 bits per heavy atom. The van der Waals surface area contributed by atoms with Gasteiger partial charge in [-0.05, 0) is 48.5 Å². The first-order chi connectivity index (χ1) is 14.8. The van der Waals surface area contributed by atoms with Crippen molar-refractivity contribution in [2.75, 3.05) is 5.32 Å². The number of rotatable bonds is 6. The van der Waals surface area contributed by atoms with Crippen LogP contribution >= 0.6 is 0 Å². The summed E-state index contributed by atoms with van der Waals surface area (Å²) in [4.78, 5) is 22.4. The first kappa shape index (κ1) is 20.2. The molecular formula is C21H15N3O6S. The van der Waals surface area contributed by atoms with Gasteiger partial charge in [0.2, 0.25) is 15.7 Å². The van der Waals surface area contributed by atoms with Gasteiger partial charge in [0.25, 0.3) is 5.69 Å². The van der Waals surface area contributed by atoms with Crippen LogP contribution in [0.15, 0.2) is 87.1 Å². The SMILES string of the molecule is O=C(Cc1noc2ccccc12)Nc1ccc(S(=O)(=O)c2ccc([N+](=O)[O-])cc2)cc1. The van der Waals surface area contributed by atoms with Crippen LogP contribution in [-0.2, 0) is 21.1 Å². The summed E-state index contributed by atoms with van der Waals surface area (Å²) < 4.78 is 30.6. The summed E-state index contributed by atoms with van der Waals surface area (Å²) in [6, 6.07) is 17.5. The summed E-state index contributed by atoms with van der Waals surface area (Å²) in [5.41, 5.74) is 1.31. The zero-order valence-electron chi connectivity index (χ0n) is 15.9. The van der Waals surface area contributed by atoms with Gasteiger partial charge >= 0.3 is 0 Å². The number of nitro benzene ring substituents is 1. The highest BCUT2D eigenvalue weighted by atomic mass is 32.2. The Morgan fingerprint density at radius 2 is 1.58 bits per heavy atom. The zero-order valence-corrected chi connectivity index (χ0v) is 16.7. The molecule has 0 unspecified atom stereocenters. The summed E-state index contributed by atoms with van der Waals surface area (Å²) in [7, 11) is -3.85. The van der Waals surface area contributed by atoms with E-state index < -0.39 is 14.8 Å². The molecule has 1 amide bonds. The summed E-state index contributed by atoms with van der Waals surface area (Å²) in [5.74, 6) is -0.329. The molecule has 1 heterocycles. The number of hydrogen-bond donors (Lipinski definition) is 1. The number of hydrogen-bond acceptors (Lipinski definition) is 7. The van der Waals surface area contributed by atoms with E-state index >= 15 is 0 Å². The van der Waals surface area contributed by atoms with E-state index in [4.69, 9.17) is 4.52 Å². The van der Waals surface area contributed by atoms with Crippen molar-refractivity contribution in [1.29, 1.82) is 0 Å². The third-order valence-electron chi connectivity index (χ3n) is 4.59. The largest absolute Gasteiger partial charge is 0.356 e. The average Bonchev–Trinajstić information content (AvgIpc) is 3.17. The van der Waals surface area contributed by atoms with Gasteiger partial charge in [-0.3, -0.25) is 14.9 Å². The third kappa shape index (κ3) is 4.14. The fraction of sp³-hybridized carbons (Fsp3) is 0.0476. The number of para-hydroxylation sites is 1. The van der Waals surface area contributed by atoms with E-state index in [0.29, 0.717) is 17.0 Å². The number of nitrogens with one attached hydrogen (secondary N) is 1. The molecule has 0 saturated carbocycles. The fourth-order valence-corrected chi connectivity index (χ4v) is 4.28. The van der Waals surface area contributed by atoms with Crippen LogP contribution in [0.3, 0.4) is 0 Å². The van der Waals surface area contributed by atoms with E-state index in [2.05, 4.69) is 10.5 Å². The number of fused-ring (bicyclic) bond motifs is 1. The number of nitrogens with zero attached hydrogens (tertiary/aromatic N) is 2.